The second-order valence-electron chi connectivity index (χ2n) is 5.54. The molecule has 136 valence electrons. The Kier molecular flexibility index (Phi) is 6.74. The summed E-state index contributed by atoms with van der Waals surface area (Å²) in [5, 5.41) is 13.3. The van der Waals surface area contributed by atoms with E-state index in [1.54, 1.807) is 6.07 Å². The number of hydrogen-bond donors (Lipinski definition) is 1. The molecule has 0 atom stereocenters. The Morgan fingerprint density at radius 3 is 2.62 bits per heavy atom. The molecule has 1 N–H and O–H groups in total. The maximum atomic E-state index is 11.8. The molecule has 0 radical (unpaired) electrons. The van der Waals surface area contributed by atoms with Crippen LogP contribution >= 0.6 is 11.8 Å². The highest BCUT2D eigenvalue weighted by Crippen LogP contribution is 2.24. The Labute approximate surface area is 154 Å². The number of rotatable bonds is 7. The average molecular weight is 374 g/mol. The number of amides is 1. The summed E-state index contributed by atoms with van der Waals surface area (Å²) >= 11 is 1.33. The zero-order valence-corrected chi connectivity index (χ0v) is 15.2. The number of nitro benzene ring substituents is 1. The molecule has 0 fully saturated rings. The van der Waals surface area contributed by atoms with E-state index in [1.165, 1.54) is 30.0 Å². The molecule has 0 aliphatic carbocycles. The van der Waals surface area contributed by atoms with Gasteiger partial charge in [-0.25, -0.2) is 0 Å². The van der Waals surface area contributed by atoms with Crippen LogP contribution in [0.15, 0.2) is 47.4 Å². The van der Waals surface area contributed by atoms with E-state index in [4.69, 9.17) is 4.74 Å². The van der Waals surface area contributed by atoms with E-state index in [-0.39, 0.29) is 17.1 Å². The van der Waals surface area contributed by atoms with Gasteiger partial charge in [0.25, 0.3) is 11.6 Å². The number of thioether (sulfide) groups is 1. The van der Waals surface area contributed by atoms with Gasteiger partial charge in [0.1, 0.15) is 5.69 Å². The molecule has 2 rings (SSSR count). The minimum absolute atomic E-state index is 0.0585. The molecule has 0 saturated carbocycles. The van der Waals surface area contributed by atoms with Gasteiger partial charge in [-0.3, -0.25) is 19.7 Å². The quantitative estimate of drug-likeness (QED) is 0.345. The second kappa shape index (κ2) is 9.00. The Morgan fingerprint density at radius 2 is 1.92 bits per heavy atom. The fourth-order valence-electron chi connectivity index (χ4n) is 2.21. The average Bonchev–Trinajstić information content (AvgIpc) is 2.59. The molecule has 2 aromatic rings. The molecule has 0 aliphatic rings. The molecule has 1 amide bonds. The van der Waals surface area contributed by atoms with E-state index < -0.39 is 23.4 Å². The number of esters is 1. The normalized spacial score (nSPS) is 10.2. The van der Waals surface area contributed by atoms with Crippen molar-refractivity contribution in [3.05, 3.63) is 63.7 Å². The van der Waals surface area contributed by atoms with Crippen LogP contribution in [0.25, 0.3) is 0 Å². The lowest BCUT2D eigenvalue weighted by atomic mass is 10.2. The smallest absolute Gasteiger partial charge is 0.316 e. The molecular formula is C18H18N2O5S. The van der Waals surface area contributed by atoms with Gasteiger partial charge in [-0.15, -0.1) is 11.8 Å². The Balaban J connectivity index is 1.82. The van der Waals surface area contributed by atoms with Crippen LogP contribution in [-0.4, -0.2) is 29.2 Å². The first-order valence-corrected chi connectivity index (χ1v) is 8.74. The molecule has 0 bridgehead atoms. The highest BCUT2D eigenvalue weighted by atomic mass is 32.2. The maximum Gasteiger partial charge on any atom is 0.316 e. The predicted octanol–water partition coefficient (Wildman–Crippen LogP) is 3.49. The molecule has 8 heteroatoms. The first-order valence-electron chi connectivity index (χ1n) is 7.76. The van der Waals surface area contributed by atoms with Crippen molar-refractivity contribution in [1.82, 2.24) is 0 Å². The highest BCUT2D eigenvalue weighted by Gasteiger charge is 2.16. The molecule has 0 heterocycles. The summed E-state index contributed by atoms with van der Waals surface area (Å²) in [6, 6.07) is 11.7. The van der Waals surface area contributed by atoms with Crippen molar-refractivity contribution in [2.75, 3.05) is 17.7 Å². The van der Waals surface area contributed by atoms with E-state index in [0.29, 0.717) is 0 Å². The van der Waals surface area contributed by atoms with Crippen LogP contribution in [0.3, 0.4) is 0 Å². The van der Waals surface area contributed by atoms with E-state index in [1.807, 2.05) is 32.0 Å². The minimum atomic E-state index is -0.635. The highest BCUT2D eigenvalue weighted by molar-refractivity contribution is 8.00. The summed E-state index contributed by atoms with van der Waals surface area (Å²) in [4.78, 5) is 34.9. The van der Waals surface area contributed by atoms with Crippen molar-refractivity contribution in [3.8, 4) is 0 Å². The van der Waals surface area contributed by atoms with Crippen molar-refractivity contribution >= 4 is 35.0 Å². The van der Waals surface area contributed by atoms with Crippen LogP contribution in [0.1, 0.15) is 11.1 Å². The Bertz CT molecular complexity index is 838. The van der Waals surface area contributed by atoms with Crippen LogP contribution in [0.2, 0.25) is 0 Å². The topological polar surface area (TPSA) is 98.5 Å². The number of ether oxygens (including phenoxy) is 1. The van der Waals surface area contributed by atoms with Gasteiger partial charge in [0, 0.05) is 11.0 Å². The van der Waals surface area contributed by atoms with Gasteiger partial charge in [0.05, 0.1) is 10.7 Å². The molecule has 2 aromatic carbocycles. The maximum absolute atomic E-state index is 11.8. The number of nitro groups is 1. The van der Waals surface area contributed by atoms with E-state index >= 15 is 0 Å². The van der Waals surface area contributed by atoms with Crippen LogP contribution in [0, 0.1) is 24.0 Å². The SMILES string of the molecule is Cc1ccc(SCC(=O)OCC(=O)Nc2ccccc2[N+](=O)[O-])c(C)c1. The van der Waals surface area contributed by atoms with E-state index in [2.05, 4.69) is 5.32 Å². The van der Waals surface area contributed by atoms with Gasteiger partial charge in [-0.1, -0.05) is 29.8 Å². The predicted molar refractivity (Wildman–Crippen MR) is 99.3 cm³/mol. The molecule has 0 spiro atoms. The third-order valence-corrected chi connectivity index (χ3v) is 4.56. The van der Waals surface area contributed by atoms with E-state index in [0.717, 1.165) is 16.0 Å². The number of aryl methyl sites for hydroxylation is 2. The Morgan fingerprint density at radius 1 is 1.19 bits per heavy atom. The summed E-state index contributed by atoms with van der Waals surface area (Å²) in [6.45, 7) is 3.45. The number of carbonyl (C=O) groups is 2. The molecule has 26 heavy (non-hydrogen) atoms. The fourth-order valence-corrected chi connectivity index (χ4v) is 3.02. The lowest BCUT2D eigenvalue weighted by Crippen LogP contribution is -2.22. The number of carbonyl (C=O) groups excluding carboxylic acids is 2. The standard InChI is InChI=1S/C18H18N2O5S/c1-12-7-8-16(13(2)9-12)26-11-18(22)25-10-17(21)19-14-5-3-4-6-15(14)20(23)24/h3-9H,10-11H2,1-2H3,(H,19,21). The fraction of sp³-hybridized carbons (Fsp3) is 0.222. The molecule has 0 saturated heterocycles. The largest absolute Gasteiger partial charge is 0.455 e. The van der Waals surface area contributed by atoms with Crippen LogP contribution in [-0.2, 0) is 14.3 Å². The number of hydrogen-bond acceptors (Lipinski definition) is 6. The zero-order chi connectivity index (χ0) is 19.1. The van der Waals surface area contributed by atoms with Gasteiger partial charge in [0.15, 0.2) is 6.61 Å². The van der Waals surface area contributed by atoms with Crippen molar-refractivity contribution in [3.63, 3.8) is 0 Å². The molecule has 7 nitrogen and oxygen atoms in total. The first kappa shape index (κ1) is 19.5. The van der Waals surface area contributed by atoms with Crippen molar-refractivity contribution in [2.45, 2.75) is 18.7 Å². The van der Waals surface area contributed by atoms with Crippen molar-refractivity contribution in [1.29, 1.82) is 0 Å². The second-order valence-corrected chi connectivity index (χ2v) is 6.56. The number of anilines is 1. The number of nitrogens with zero attached hydrogens (tertiary/aromatic N) is 1. The van der Waals surface area contributed by atoms with Gasteiger partial charge >= 0.3 is 5.97 Å². The lowest BCUT2D eigenvalue weighted by Gasteiger charge is -2.08. The summed E-state index contributed by atoms with van der Waals surface area (Å²) in [6.07, 6.45) is 0. The summed E-state index contributed by atoms with van der Waals surface area (Å²) in [7, 11) is 0. The monoisotopic (exact) mass is 374 g/mol. The molecule has 0 unspecified atom stereocenters. The summed E-state index contributed by atoms with van der Waals surface area (Å²) in [5.41, 5.74) is 2.04. The third-order valence-electron chi connectivity index (χ3n) is 3.42. The lowest BCUT2D eigenvalue weighted by molar-refractivity contribution is -0.383. The minimum Gasteiger partial charge on any atom is -0.455 e. The third kappa shape index (κ3) is 5.59. The molecule has 0 aromatic heterocycles. The number of benzene rings is 2. The van der Waals surface area contributed by atoms with Gasteiger partial charge in [0.2, 0.25) is 0 Å². The van der Waals surface area contributed by atoms with Crippen molar-refractivity contribution in [2.24, 2.45) is 0 Å². The van der Waals surface area contributed by atoms with E-state index in [9.17, 15) is 19.7 Å². The summed E-state index contributed by atoms with van der Waals surface area (Å²) < 4.78 is 4.92. The molecule has 0 aliphatic heterocycles. The number of para-hydroxylation sites is 2. The van der Waals surface area contributed by atoms with Gasteiger partial charge in [-0.05, 0) is 31.5 Å². The summed E-state index contributed by atoms with van der Waals surface area (Å²) in [5.74, 6) is -1.10. The number of nitrogens with one attached hydrogen (secondary N) is 1. The van der Waals surface area contributed by atoms with Gasteiger partial charge < -0.3 is 10.1 Å². The van der Waals surface area contributed by atoms with Crippen LogP contribution in [0.4, 0.5) is 11.4 Å². The van der Waals surface area contributed by atoms with Crippen LogP contribution < -0.4 is 5.32 Å². The van der Waals surface area contributed by atoms with Crippen molar-refractivity contribution < 1.29 is 19.2 Å². The molecular weight excluding hydrogens is 356 g/mol. The van der Waals surface area contributed by atoms with Crippen LogP contribution in [0.5, 0.6) is 0 Å². The van der Waals surface area contributed by atoms with Gasteiger partial charge in [-0.2, -0.15) is 0 Å². The Hall–Kier alpha value is -2.87. The first-order chi connectivity index (χ1) is 12.4. The zero-order valence-electron chi connectivity index (χ0n) is 14.4.